The fourth-order valence-corrected chi connectivity index (χ4v) is 7.20. The van der Waals surface area contributed by atoms with Gasteiger partial charge >= 0.3 is 0 Å². The predicted molar refractivity (Wildman–Crippen MR) is 140 cm³/mol. The normalized spacial score (nSPS) is 12.0. The van der Waals surface area contributed by atoms with Crippen LogP contribution in [0.15, 0.2) is 36.4 Å². The Morgan fingerprint density at radius 1 is 0.700 bits per heavy atom. The topological polar surface area (TPSA) is 0 Å². The van der Waals surface area contributed by atoms with Gasteiger partial charge in [-0.15, -0.1) is 0 Å². The Hall–Kier alpha value is -1.13. The van der Waals surface area contributed by atoms with Crippen molar-refractivity contribution in [2.24, 2.45) is 0 Å². The fourth-order valence-electron chi connectivity index (χ4n) is 4.28. The fraction of sp³-hybridized carbons (Fsp3) is 0.586. The maximum Gasteiger partial charge on any atom is -0.0101 e. The first-order chi connectivity index (χ1) is 14.3. The van der Waals surface area contributed by atoms with Gasteiger partial charge in [0.2, 0.25) is 0 Å². The molecular weight excluding hydrogens is 379 g/mol. The van der Waals surface area contributed by atoms with Crippen molar-refractivity contribution in [1.82, 2.24) is 0 Å². The number of hydrogen-bond donors (Lipinski definition) is 0. The summed E-state index contributed by atoms with van der Waals surface area (Å²) in [5, 5.41) is 1.65. The Morgan fingerprint density at radius 2 is 1.20 bits per heavy atom. The molecule has 2 rings (SSSR count). The van der Waals surface area contributed by atoms with Crippen LogP contribution in [0.2, 0.25) is 0 Å². The molecule has 2 aromatic rings. The standard InChI is InChI=1S/C29H45P/c1-9-11-17-30(18-12-10-2)28-16-14-13-15-25(28)29-26(22(5)6)19-24(21(3)4)20-27(29)23(7)8/h13-16,19-23H,9-12,17-18H2,1-8H3. The molecule has 0 saturated heterocycles. The molecule has 0 fully saturated rings. The lowest BCUT2D eigenvalue weighted by Gasteiger charge is -2.27. The SMILES string of the molecule is CCCCP(CCCC)c1ccccc1-c1c(C(C)C)cc(C(C)C)cc1C(C)C. The molecule has 0 N–H and O–H groups in total. The summed E-state index contributed by atoms with van der Waals surface area (Å²) in [6, 6.07) is 14.4. The molecule has 0 aliphatic heterocycles. The first kappa shape index (κ1) is 25.1. The van der Waals surface area contributed by atoms with Crippen molar-refractivity contribution < 1.29 is 0 Å². The van der Waals surface area contributed by atoms with Crippen molar-refractivity contribution in [2.75, 3.05) is 12.3 Å². The highest BCUT2D eigenvalue weighted by Gasteiger charge is 2.22. The molecule has 166 valence electrons. The Morgan fingerprint density at radius 3 is 1.63 bits per heavy atom. The minimum Gasteiger partial charge on any atom is -0.0746 e. The zero-order valence-electron chi connectivity index (χ0n) is 20.9. The number of unbranched alkanes of at least 4 members (excludes halogenated alkanes) is 2. The minimum absolute atomic E-state index is 0.0954. The second kappa shape index (κ2) is 12.0. The Balaban J connectivity index is 2.74. The van der Waals surface area contributed by atoms with E-state index in [0.717, 1.165) is 0 Å². The van der Waals surface area contributed by atoms with Crippen molar-refractivity contribution in [2.45, 2.75) is 98.8 Å². The summed E-state index contributed by atoms with van der Waals surface area (Å²) < 4.78 is 0. The smallest absolute Gasteiger partial charge is 0.0101 e. The lowest BCUT2D eigenvalue weighted by atomic mass is 9.82. The molecule has 0 bridgehead atoms. The van der Waals surface area contributed by atoms with Crippen LogP contribution in [0, 0.1) is 0 Å². The van der Waals surface area contributed by atoms with Crippen LogP contribution in [0.3, 0.4) is 0 Å². The zero-order valence-corrected chi connectivity index (χ0v) is 21.8. The van der Waals surface area contributed by atoms with Crippen LogP contribution in [-0.2, 0) is 0 Å². The third-order valence-corrected chi connectivity index (χ3v) is 8.99. The van der Waals surface area contributed by atoms with Gasteiger partial charge in [0.05, 0.1) is 0 Å². The van der Waals surface area contributed by atoms with E-state index in [-0.39, 0.29) is 7.92 Å². The van der Waals surface area contributed by atoms with E-state index >= 15 is 0 Å². The molecule has 0 aliphatic rings. The van der Waals surface area contributed by atoms with E-state index in [1.54, 1.807) is 22.0 Å². The van der Waals surface area contributed by atoms with E-state index in [2.05, 4.69) is 91.8 Å². The second-order valence-corrected chi connectivity index (χ2v) is 12.2. The van der Waals surface area contributed by atoms with Crippen molar-refractivity contribution in [1.29, 1.82) is 0 Å². The highest BCUT2D eigenvalue weighted by atomic mass is 31.1. The maximum atomic E-state index is 2.51. The summed E-state index contributed by atoms with van der Waals surface area (Å²) in [6.45, 7) is 18.8. The lowest BCUT2D eigenvalue weighted by Crippen LogP contribution is -2.13. The Kier molecular flexibility index (Phi) is 10.1. The summed E-state index contributed by atoms with van der Waals surface area (Å²) in [5.41, 5.74) is 7.64. The Bertz CT molecular complexity index is 748. The van der Waals surface area contributed by atoms with E-state index in [1.165, 1.54) is 49.1 Å². The molecule has 0 spiro atoms. The van der Waals surface area contributed by atoms with E-state index in [1.807, 2.05) is 0 Å². The summed E-state index contributed by atoms with van der Waals surface area (Å²) in [4.78, 5) is 0. The summed E-state index contributed by atoms with van der Waals surface area (Å²) in [6.07, 6.45) is 8.05. The van der Waals surface area contributed by atoms with Gasteiger partial charge in [-0.25, -0.2) is 0 Å². The second-order valence-electron chi connectivity index (χ2n) is 9.75. The van der Waals surface area contributed by atoms with Gasteiger partial charge < -0.3 is 0 Å². The Labute approximate surface area is 188 Å². The average Bonchev–Trinajstić information content (AvgIpc) is 2.72. The van der Waals surface area contributed by atoms with Gasteiger partial charge in [0.25, 0.3) is 0 Å². The number of rotatable bonds is 11. The van der Waals surface area contributed by atoms with E-state index in [4.69, 9.17) is 0 Å². The van der Waals surface area contributed by atoms with Crippen molar-refractivity contribution in [3.8, 4) is 11.1 Å². The predicted octanol–water partition coefficient (Wildman–Crippen LogP) is 9.43. The van der Waals surface area contributed by atoms with Crippen molar-refractivity contribution in [3.05, 3.63) is 53.1 Å². The summed E-state index contributed by atoms with van der Waals surface area (Å²) in [7, 11) is -0.0954. The molecule has 1 heteroatoms. The molecule has 0 aromatic heterocycles. The van der Waals surface area contributed by atoms with Crippen molar-refractivity contribution in [3.63, 3.8) is 0 Å². The molecule has 0 heterocycles. The lowest BCUT2D eigenvalue weighted by molar-refractivity contribution is 0.808. The van der Waals surface area contributed by atoms with Crippen LogP contribution in [0.1, 0.15) is 116 Å². The van der Waals surface area contributed by atoms with Crippen LogP contribution < -0.4 is 5.30 Å². The highest BCUT2D eigenvalue weighted by molar-refractivity contribution is 7.65. The zero-order chi connectivity index (χ0) is 22.3. The molecule has 0 saturated carbocycles. The average molecular weight is 425 g/mol. The van der Waals surface area contributed by atoms with E-state index in [0.29, 0.717) is 17.8 Å². The molecule has 0 amide bonds. The maximum absolute atomic E-state index is 2.51. The van der Waals surface area contributed by atoms with Crippen LogP contribution in [0.25, 0.3) is 11.1 Å². The van der Waals surface area contributed by atoms with Gasteiger partial charge in [0.15, 0.2) is 0 Å². The molecule has 0 radical (unpaired) electrons. The summed E-state index contributed by atoms with van der Waals surface area (Å²) >= 11 is 0. The van der Waals surface area contributed by atoms with Gasteiger partial charge in [0, 0.05) is 0 Å². The van der Waals surface area contributed by atoms with E-state index < -0.39 is 0 Å². The van der Waals surface area contributed by atoms with Gasteiger partial charge in [-0.2, -0.15) is 0 Å². The quantitative estimate of drug-likeness (QED) is 0.315. The van der Waals surface area contributed by atoms with Gasteiger partial charge in [-0.05, 0) is 76.0 Å². The van der Waals surface area contributed by atoms with Crippen LogP contribution in [-0.4, -0.2) is 12.3 Å². The molecule has 0 unspecified atom stereocenters. The molecular formula is C29H45P. The molecule has 30 heavy (non-hydrogen) atoms. The minimum atomic E-state index is -0.0954. The highest BCUT2D eigenvalue weighted by Crippen LogP contribution is 2.44. The van der Waals surface area contributed by atoms with Crippen LogP contribution in [0.4, 0.5) is 0 Å². The third-order valence-electron chi connectivity index (χ3n) is 6.21. The van der Waals surface area contributed by atoms with E-state index in [9.17, 15) is 0 Å². The van der Waals surface area contributed by atoms with Crippen LogP contribution >= 0.6 is 7.92 Å². The van der Waals surface area contributed by atoms with Gasteiger partial charge in [-0.3, -0.25) is 0 Å². The van der Waals surface area contributed by atoms with Crippen LogP contribution in [0.5, 0.6) is 0 Å². The largest absolute Gasteiger partial charge is 0.0746 e. The molecule has 0 atom stereocenters. The van der Waals surface area contributed by atoms with Gasteiger partial charge in [-0.1, -0.05) is 113 Å². The number of benzene rings is 2. The summed E-state index contributed by atoms with van der Waals surface area (Å²) in [5.74, 6) is 1.62. The number of hydrogen-bond acceptors (Lipinski definition) is 0. The monoisotopic (exact) mass is 424 g/mol. The molecule has 2 aromatic carbocycles. The van der Waals surface area contributed by atoms with Crippen molar-refractivity contribution >= 4 is 13.2 Å². The first-order valence-corrected chi connectivity index (χ1v) is 14.0. The third kappa shape index (κ3) is 6.20. The van der Waals surface area contributed by atoms with Gasteiger partial charge in [0.1, 0.15) is 0 Å². The molecule has 0 aliphatic carbocycles. The first-order valence-electron chi connectivity index (χ1n) is 12.3. The molecule has 0 nitrogen and oxygen atoms in total.